The molecule has 0 spiro atoms. The predicted octanol–water partition coefficient (Wildman–Crippen LogP) is 3.87. The van der Waals surface area contributed by atoms with Crippen molar-refractivity contribution in [3.05, 3.63) is 33.7 Å². The molecule has 0 radical (unpaired) electrons. The highest BCUT2D eigenvalue weighted by atomic mass is 32.1. The molecule has 0 saturated carbocycles. The SMILES string of the molecule is Cc1cc(C(=O)Nc2nc3c(s2)CCCCC3)c(C)o1. The van der Waals surface area contributed by atoms with Gasteiger partial charge in [0.2, 0.25) is 0 Å². The molecule has 0 saturated heterocycles. The van der Waals surface area contributed by atoms with Crippen molar-refractivity contribution < 1.29 is 9.21 Å². The van der Waals surface area contributed by atoms with E-state index in [1.54, 1.807) is 24.3 Å². The van der Waals surface area contributed by atoms with Crippen LogP contribution in [0.2, 0.25) is 0 Å². The minimum atomic E-state index is -0.136. The van der Waals surface area contributed by atoms with E-state index in [0.717, 1.165) is 18.6 Å². The van der Waals surface area contributed by atoms with Crippen molar-refractivity contribution >= 4 is 22.4 Å². The van der Waals surface area contributed by atoms with Crippen molar-refractivity contribution in [1.82, 2.24) is 4.98 Å². The van der Waals surface area contributed by atoms with E-state index in [2.05, 4.69) is 10.3 Å². The largest absolute Gasteiger partial charge is 0.466 e. The van der Waals surface area contributed by atoms with E-state index in [1.165, 1.54) is 29.8 Å². The van der Waals surface area contributed by atoms with Gasteiger partial charge in [-0.2, -0.15) is 0 Å². The van der Waals surface area contributed by atoms with Gasteiger partial charge in [-0.25, -0.2) is 4.98 Å². The maximum absolute atomic E-state index is 12.2. The lowest BCUT2D eigenvalue weighted by atomic mass is 10.2. The average Bonchev–Trinajstić information content (AvgIpc) is 2.85. The Morgan fingerprint density at radius 3 is 2.85 bits per heavy atom. The summed E-state index contributed by atoms with van der Waals surface area (Å²) in [6.07, 6.45) is 5.82. The number of carbonyl (C=O) groups is 1. The van der Waals surface area contributed by atoms with Crippen molar-refractivity contribution in [3.63, 3.8) is 0 Å². The Balaban J connectivity index is 1.78. The van der Waals surface area contributed by atoms with Crippen LogP contribution in [-0.2, 0) is 12.8 Å². The minimum Gasteiger partial charge on any atom is -0.466 e. The number of hydrogen-bond donors (Lipinski definition) is 1. The summed E-state index contributed by atoms with van der Waals surface area (Å²) >= 11 is 1.61. The van der Waals surface area contributed by atoms with Crippen molar-refractivity contribution in [3.8, 4) is 0 Å². The minimum absolute atomic E-state index is 0.136. The Bertz CT molecular complexity index is 619. The fourth-order valence-electron chi connectivity index (χ4n) is 2.60. The number of nitrogens with one attached hydrogen (secondary N) is 1. The van der Waals surface area contributed by atoms with E-state index in [0.29, 0.717) is 16.5 Å². The molecular weight excluding hydrogens is 272 g/mol. The Morgan fingerprint density at radius 2 is 2.10 bits per heavy atom. The van der Waals surface area contributed by atoms with Crippen LogP contribution in [0.3, 0.4) is 0 Å². The second-order valence-electron chi connectivity index (χ2n) is 5.23. The van der Waals surface area contributed by atoms with Gasteiger partial charge < -0.3 is 4.42 Å². The maximum atomic E-state index is 12.2. The van der Waals surface area contributed by atoms with Crippen LogP contribution in [0.1, 0.15) is 51.7 Å². The Hall–Kier alpha value is -1.62. The Labute approximate surface area is 122 Å². The summed E-state index contributed by atoms with van der Waals surface area (Å²) in [4.78, 5) is 18.1. The highest BCUT2D eigenvalue weighted by Crippen LogP contribution is 2.29. The number of thiazole rings is 1. The molecule has 1 aliphatic rings. The quantitative estimate of drug-likeness (QED) is 0.854. The van der Waals surface area contributed by atoms with E-state index >= 15 is 0 Å². The average molecular weight is 290 g/mol. The van der Waals surface area contributed by atoms with Gasteiger partial charge in [-0.3, -0.25) is 10.1 Å². The smallest absolute Gasteiger partial charge is 0.260 e. The summed E-state index contributed by atoms with van der Waals surface area (Å²) < 4.78 is 5.39. The van der Waals surface area contributed by atoms with Crippen molar-refractivity contribution in [2.24, 2.45) is 0 Å². The molecule has 4 nitrogen and oxygen atoms in total. The van der Waals surface area contributed by atoms with Crippen molar-refractivity contribution in [1.29, 1.82) is 0 Å². The van der Waals surface area contributed by atoms with Crippen LogP contribution in [0, 0.1) is 13.8 Å². The molecule has 106 valence electrons. The second-order valence-corrected chi connectivity index (χ2v) is 6.31. The third kappa shape index (κ3) is 2.63. The van der Waals surface area contributed by atoms with Crippen LogP contribution < -0.4 is 5.32 Å². The topological polar surface area (TPSA) is 55.1 Å². The summed E-state index contributed by atoms with van der Waals surface area (Å²) in [5, 5.41) is 3.61. The Morgan fingerprint density at radius 1 is 1.30 bits per heavy atom. The fourth-order valence-corrected chi connectivity index (χ4v) is 3.65. The first-order chi connectivity index (χ1) is 9.63. The lowest BCUT2D eigenvalue weighted by Crippen LogP contribution is -2.11. The number of furan rings is 1. The lowest BCUT2D eigenvalue weighted by molar-refractivity contribution is 0.102. The van der Waals surface area contributed by atoms with Gasteiger partial charge in [-0.1, -0.05) is 6.42 Å². The number of hydrogen-bond acceptors (Lipinski definition) is 4. The number of aryl methyl sites for hydroxylation is 4. The van der Waals surface area contributed by atoms with Gasteiger partial charge in [0, 0.05) is 4.88 Å². The van der Waals surface area contributed by atoms with Crippen LogP contribution in [0.5, 0.6) is 0 Å². The number of aromatic nitrogens is 1. The molecule has 1 N–H and O–H groups in total. The molecule has 2 aromatic heterocycles. The number of nitrogens with zero attached hydrogens (tertiary/aromatic N) is 1. The maximum Gasteiger partial charge on any atom is 0.260 e. The molecule has 1 amide bonds. The monoisotopic (exact) mass is 290 g/mol. The van der Waals surface area contributed by atoms with Crippen LogP contribution >= 0.6 is 11.3 Å². The summed E-state index contributed by atoms with van der Waals surface area (Å²) in [6.45, 7) is 3.65. The highest BCUT2D eigenvalue weighted by molar-refractivity contribution is 7.15. The van der Waals surface area contributed by atoms with Crippen molar-refractivity contribution in [2.45, 2.75) is 46.0 Å². The molecule has 0 aromatic carbocycles. The van der Waals surface area contributed by atoms with Crippen molar-refractivity contribution in [2.75, 3.05) is 5.32 Å². The summed E-state index contributed by atoms with van der Waals surface area (Å²) in [6, 6.07) is 1.77. The summed E-state index contributed by atoms with van der Waals surface area (Å²) in [7, 11) is 0. The van der Waals surface area contributed by atoms with E-state index in [4.69, 9.17) is 4.42 Å². The van der Waals surface area contributed by atoms with Gasteiger partial charge in [-0.15, -0.1) is 11.3 Å². The number of anilines is 1. The molecule has 0 atom stereocenters. The fraction of sp³-hybridized carbons (Fsp3) is 0.467. The lowest BCUT2D eigenvalue weighted by Gasteiger charge is -1.99. The van der Waals surface area contributed by atoms with Gasteiger partial charge in [0.25, 0.3) is 5.91 Å². The molecule has 0 aliphatic heterocycles. The zero-order valence-corrected chi connectivity index (χ0v) is 12.6. The highest BCUT2D eigenvalue weighted by Gasteiger charge is 2.18. The summed E-state index contributed by atoms with van der Waals surface area (Å²) in [5.41, 5.74) is 1.76. The predicted molar refractivity (Wildman–Crippen MR) is 79.5 cm³/mol. The zero-order chi connectivity index (χ0) is 14.1. The number of rotatable bonds is 2. The normalized spacial score (nSPS) is 14.7. The van der Waals surface area contributed by atoms with Gasteiger partial charge in [0.05, 0.1) is 11.3 Å². The first kappa shape index (κ1) is 13.4. The number of fused-ring (bicyclic) bond motifs is 1. The molecule has 2 aromatic rings. The molecular formula is C15H18N2O2S. The van der Waals surface area contributed by atoms with Crippen LogP contribution in [-0.4, -0.2) is 10.9 Å². The molecule has 0 fully saturated rings. The summed E-state index contributed by atoms with van der Waals surface area (Å²) in [5.74, 6) is 1.27. The molecule has 3 rings (SSSR count). The van der Waals surface area contributed by atoms with E-state index in [9.17, 15) is 4.79 Å². The van der Waals surface area contributed by atoms with Gasteiger partial charge in [0.1, 0.15) is 11.5 Å². The number of amides is 1. The molecule has 0 bridgehead atoms. The molecule has 1 aliphatic carbocycles. The standard InChI is InChI=1S/C15H18N2O2S/c1-9-8-11(10(2)19-9)14(18)17-15-16-12-6-4-3-5-7-13(12)20-15/h8H,3-7H2,1-2H3,(H,16,17,18). The van der Waals surface area contributed by atoms with E-state index in [1.807, 2.05) is 6.92 Å². The number of carbonyl (C=O) groups excluding carboxylic acids is 1. The first-order valence-electron chi connectivity index (χ1n) is 7.00. The van der Waals surface area contributed by atoms with E-state index in [-0.39, 0.29) is 5.91 Å². The third-order valence-electron chi connectivity index (χ3n) is 3.60. The third-order valence-corrected chi connectivity index (χ3v) is 4.67. The molecule has 20 heavy (non-hydrogen) atoms. The van der Waals surface area contributed by atoms with Gasteiger partial charge in [-0.05, 0) is 45.6 Å². The molecule has 0 unspecified atom stereocenters. The van der Waals surface area contributed by atoms with Gasteiger partial charge >= 0.3 is 0 Å². The van der Waals surface area contributed by atoms with Gasteiger partial charge in [0.15, 0.2) is 5.13 Å². The van der Waals surface area contributed by atoms with Crippen LogP contribution in [0.15, 0.2) is 10.5 Å². The van der Waals surface area contributed by atoms with Crippen LogP contribution in [0.4, 0.5) is 5.13 Å². The Kier molecular flexibility index (Phi) is 3.61. The second kappa shape index (κ2) is 5.40. The molecule has 5 heteroatoms. The van der Waals surface area contributed by atoms with Crippen LogP contribution in [0.25, 0.3) is 0 Å². The first-order valence-corrected chi connectivity index (χ1v) is 7.82. The molecule has 2 heterocycles. The zero-order valence-electron chi connectivity index (χ0n) is 11.8. The van der Waals surface area contributed by atoms with E-state index < -0.39 is 0 Å².